The van der Waals surface area contributed by atoms with Crippen molar-refractivity contribution in [2.45, 2.75) is 20.3 Å². The number of rotatable bonds is 7. The molecule has 49 heavy (non-hydrogen) atoms. The smallest absolute Gasteiger partial charge is 0.0649 e. The third-order valence-corrected chi connectivity index (χ3v) is 8.59. The monoisotopic (exact) mass is 636 g/mol. The van der Waals surface area contributed by atoms with Crippen LogP contribution in [0.25, 0.3) is 38.2 Å². The molecule has 2 N–H and O–H groups in total. The number of nitrogens with zero attached hydrogens (tertiary/aromatic N) is 1. The molecular weight excluding hydrogens is 593 g/mol. The minimum atomic E-state index is 0.783. The molecule has 0 spiro atoms. The number of nitrogens with two attached hydrogens (primary N) is 1. The molecule has 2 nitrogen and oxygen atoms in total. The van der Waals surface area contributed by atoms with Crippen LogP contribution in [0.5, 0.6) is 0 Å². The molecule has 0 aromatic heterocycles. The Balaban J connectivity index is 0.00000113. The van der Waals surface area contributed by atoms with Crippen LogP contribution < -0.4 is 5.73 Å². The van der Waals surface area contributed by atoms with Gasteiger partial charge in [0.2, 0.25) is 0 Å². The van der Waals surface area contributed by atoms with Crippen molar-refractivity contribution in [2.75, 3.05) is 12.8 Å². The molecule has 0 aliphatic carbocycles. The number of allylic oxidation sites excluding steroid dienone is 1. The molecule has 0 heterocycles. The van der Waals surface area contributed by atoms with E-state index in [1.54, 1.807) is 0 Å². The highest BCUT2D eigenvalue weighted by Gasteiger charge is 2.18. The van der Waals surface area contributed by atoms with Gasteiger partial charge in [0.05, 0.1) is 5.71 Å². The molecular formula is C47H44N2. The Hall–Kier alpha value is -5.99. The first kappa shape index (κ1) is 34.3. The number of hydrogen-bond donors (Lipinski definition) is 1. The fourth-order valence-electron chi connectivity index (χ4n) is 6.41. The number of aliphatic imine (C=N–C) groups is 1. The van der Waals surface area contributed by atoms with Crippen LogP contribution in [0.2, 0.25) is 0 Å². The molecule has 2 heteroatoms. The van der Waals surface area contributed by atoms with Crippen LogP contribution in [0, 0.1) is 0 Å². The van der Waals surface area contributed by atoms with Crippen LogP contribution in [0.15, 0.2) is 182 Å². The maximum Gasteiger partial charge on any atom is 0.0649 e. The average Bonchev–Trinajstić information content (AvgIpc) is 3.18. The third kappa shape index (κ3) is 7.45. The highest BCUT2D eigenvalue weighted by Crippen LogP contribution is 2.42. The molecule has 7 aromatic rings. The van der Waals surface area contributed by atoms with E-state index in [2.05, 4.69) is 164 Å². The number of para-hydroxylation sites is 1. The first-order valence-electron chi connectivity index (χ1n) is 16.9. The van der Waals surface area contributed by atoms with Crippen LogP contribution in [0.4, 0.5) is 5.69 Å². The van der Waals surface area contributed by atoms with Gasteiger partial charge < -0.3 is 5.73 Å². The number of anilines is 1. The summed E-state index contributed by atoms with van der Waals surface area (Å²) in [5, 5.41) is 4.99. The van der Waals surface area contributed by atoms with Crippen molar-refractivity contribution < 1.29 is 0 Å². The maximum atomic E-state index is 6.64. The van der Waals surface area contributed by atoms with Gasteiger partial charge in [-0.25, -0.2) is 0 Å². The van der Waals surface area contributed by atoms with Crippen molar-refractivity contribution in [3.05, 3.63) is 205 Å². The number of hydrogen-bond acceptors (Lipinski definition) is 2. The normalized spacial score (nSPS) is 11.3. The van der Waals surface area contributed by atoms with Gasteiger partial charge in [-0.05, 0) is 79.1 Å². The van der Waals surface area contributed by atoms with Gasteiger partial charge in [-0.1, -0.05) is 166 Å². The summed E-state index contributed by atoms with van der Waals surface area (Å²) in [6.07, 6.45) is 2.98. The van der Waals surface area contributed by atoms with E-state index >= 15 is 0 Å². The molecule has 7 rings (SSSR count). The summed E-state index contributed by atoms with van der Waals surface area (Å²) in [5.74, 6) is 0. The number of benzene rings is 7. The van der Waals surface area contributed by atoms with Crippen molar-refractivity contribution in [1.29, 1.82) is 0 Å². The molecule has 0 aliphatic rings. The lowest BCUT2D eigenvalue weighted by molar-refractivity contribution is 1.22. The Morgan fingerprint density at radius 2 is 1.02 bits per heavy atom. The van der Waals surface area contributed by atoms with Gasteiger partial charge in [-0.2, -0.15) is 0 Å². The van der Waals surface area contributed by atoms with E-state index in [4.69, 9.17) is 5.73 Å². The van der Waals surface area contributed by atoms with E-state index in [1.165, 1.54) is 38.2 Å². The average molecular weight is 637 g/mol. The van der Waals surface area contributed by atoms with Crippen molar-refractivity contribution in [3.63, 3.8) is 0 Å². The van der Waals surface area contributed by atoms with E-state index in [-0.39, 0.29) is 0 Å². The molecule has 242 valence electrons. The number of nitrogen functional groups attached to an aromatic ring is 1. The second kappa shape index (κ2) is 16.7. The van der Waals surface area contributed by atoms with E-state index < -0.39 is 0 Å². The molecule has 0 saturated carbocycles. The summed E-state index contributed by atoms with van der Waals surface area (Å²) in [7, 11) is 1.86. The molecule has 0 atom stereocenters. The summed E-state index contributed by atoms with van der Waals surface area (Å²) in [6, 6.07) is 55.6. The molecule has 0 saturated heterocycles. The fourth-order valence-corrected chi connectivity index (χ4v) is 6.41. The summed E-state index contributed by atoms with van der Waals surface area (Å²) >= 11 is 0. The SMILES string of the molecule is C=C.CC.CN=C(/C=C(/c1ccccc1)c1ccc(Cc2c(-c3ccccc3N)c3ccccc3c3ccccc23)cc1)c1ccccc1. The predicted octanol–water partition coefficient (Wildman–Crippen LogP) is 12.2. The topological polar surface area (TPSA) is 38.4 Å². The van der Waals surface area contributed by atoms with Crippen molar-refractivity contribution >= 4 is 38.5 Å². The van der Waals surface area contributed by atoms with Gasteiger partial charge in [-0.15, -0.1) is 13.2 Å². The minimum absolute atomic E-state index is 0.783. The van der Waals surface area contributed by atoms with Crippen molar-refractivity contribution in [2.24, 2.45) is 4.99 Å². The second-order valence-electron chi connectivity index (χ2n) is 11.3. The zero-order valence-corrected chi connectivity index (χ0v) is 28.7. The molecule has 0 bridgehead atoms. The Kier molecular flexibility index (Phi) is 11.7. The molecule has 0 amide bonds. The van der Waals surface area contributed by atoms with Crippen LogP contribution in [0.3, 0.4) is 0 Å². The van der Waals surface area contributed by atoms with Gasteiger partial charge >= 0.3 is 0 Å². The molecule has 7 aromatic carbocycles. The van der Waals surface area contributed by atoms with Gasteiger partial charge in [0.1, 0.15) is 0 Å². The zero-order chi connectivity index (χ0) is 34.6. The van der Waals surface area contributed by atoms with Gasteiger partial charge in [0.25, 0.3) is 0 Å². The van der Waals surface area contributed by atoms with Crippen LogP contribution >= 0.6 is 0 Å². The molecule has 0 unspecified atom stereocenters. The highest BCUT2D eigenvalue weighted by atomic mass is 14.7. The fraction of sp³-hybridized carbons (Fsp3) is 0.0851. The van der Waals surface area contributed by atoms with Crippen molar-refractivity contribution in [3.8, 4) is 11.1 Å². The van der Waals surface area contributed by atoms with Gasteiger partial charge in [0.15, 0.2) is 0 Å². The lowest BCUT2D eigenvalue weighted by atomic mass is 9.84. The summed E-state index contributed by atoms with van der Waals surface area (Å²) < 4.78 is 0. The number of fused-ring (bicyclic) bond motifs is 3. The Bertz CT molecular complexity index is 2190. The Morgan fingerprint density at radius 3 is 1.61 bits per heavy atom. The predicted molar refractivity (Wildman–Crippen MR) is 216 cm³/mol. The quantitative estimate of drug-likeness (QED) is 0.0804. The summed E-state index contributed by atoms with van der Waals surface area (Å²) in [4.78, 5) is 4.65. The van der Waals surface area contributed by atoms with Crippen LogP contribution in [-0.2, 0) is 6.42 Å². The minimum Gasteiger partial charge on any atom is -0.398 e. The Morgan fingerprint density at radius 1 is 0.551 bits per heavy atom. The van der Waals surface area contributed by atoms with E-state index in [9.17, 15) is 0 Å². The van der Waals surface area contributed by atoms with Gasteiger partial charge in [0, 0.05) is 18.3 Å². The second-order valence-corrected chi connectivity index (χ2v) is 11.3. The third-order valence-electron chi connectivity index (χ3n) is 8.59. The van der Waals surface area contributed by atoms with Crippen LogP contribution in [0.1, 0.15) is 41.7 Å². The summed E-state index contributed by atoms with van der Waals surface area (Å²) in [6.45, 7) is 10.0. The van der Waals surface area contributed by atoms with E-state index in [0.29, 0.717) is 0 Å². The van der Waals surface area contributed by atoms with Crippen LogP contribution in [-0.4, -0.2) is 12.8 Å². The zero-order valence-electron chi connectivity index (χ0n) is 28.7. The van der Waals surface area contributed by atoms with E-state index in [1.807, 2.05) is 39.1 Å². The maximum absolute atomic E-state index is 6.64. The Labute approximate surface area is 291 Å². The standard InChI is InChI=1S/C43H34N2.C2H6.C2H4/c1-45-42(33-16-6-3-7-17-33)29-39(31-14-4-2-5-15-31)32-26-24-30(25-27-32)28-40-36-20-9-8-18-34(36)35-19-10-11-21-37(35)43(40)38-22-12-13-23-41(38)44;2*1-2/h2-27,29H,28,44H2,1H3;1-2H3;1-2H2/b39-29-,45-42?;;. The largest absolute Gasteiger partial charge is 0.398 e. The van der Waals surface area contributed by atoms with Crippen molar-refractivity contribution in [1.82, 2.24) is 0 Å². The first-order valence-corrected chi connectivity index (χ1v) is 16.9. The lowest BCUT2D eigenvalue weighted by Crippen LogP contribution is -2.01. The lowest BCUT2D eigenvalue weighted by Gasteiger charge is -2.19. The molecule has 0 aliphatic heterocycles. The first-order chi connectivity index (χ1) is 24.2. The highest BCUT2D eigenvalue weighted by molar-refractivity contribution is 6.17. The van der Waals surface area contributed by atoms with Gasteiger partial charge in [-0.3, -0.25) is 4.99 Å². The molecule has 0 radical (unpaired) electrons. The van der Waals surface area contributed by atoms with E-state index in [0.717, 1.165) is 45.6 Å². The molecule has 0 fully saturated rings. The summed E-state index contributed by atoms with van der Waals surface area (Å²) in [5.41, 5.74) is 17.7.